The summed E-state index contributed by atoms with van der Waals surface area (Å²) in [4.78, 5) is 143. The number of ether oxygens (including phenoxy) is 2. The number of rotatable bonds is 37. The molecular weight excluding hydrogens is 1860 g/mol. The number of aliphatic hydroxyl groups excluding tert-OH is 1. The lowest BCUT2D eigenvalue weighted by Crippen LogP contribution is -2.66. The van der Waals surface area contributed by atoms with Gasteiger partial charge in [0, 0.05) is 132 Å². The van der Waals surface area contributed by atoms with Crippen LogP contribution in [0.3, 0.4) is 0 Å². The van der Waals surface area contributed by atoms with E-state index in [4.69, 9.17) is 36.3 Å². The Morgan fingerprint density at radius 3 is 1.22 bits per heavy atom. The molecule has 14 rings (SSSR count). The molecule has 12 atom stereocenters. The fraction of sp³-hybridized carbons (Fsp3) is 0.425. The number of alkyl carbamates (subject to hydrolysis) is 1. The minimum absolute atomic E-state index is 0.00762. The normalized spacial score (nSPS) is 18.2. The molecule has 0 aromatic heterocycles. The third kappa shape index (κ3) is 32.3. The minimum Gasteiger partial charge on any atom is -0.453 e. The summed E-state index contributed by atoms with van der Waals surface area (Å²) in [6.07, 6.45) is 4.72. The highest BCUT2D eigenvalue weighted by atomic mass is 19.1. The number of aliphatic hydroxyl groups is 1. The monoisotopic (exact) mass is 2010 g/mol. The Labute approximate surface area is 855 Å². The molecule has 146 heavy (non-hydrogen) atoms. The standard InChI is InChI=1S/C31H37FN4O4.C29H35FN4O5.C27H38N4O2.C26H35FN4O3/c1-4-26-20-35(28(29(37)33-2)19-22-9-12-23-7-5-6-8-24(23)17-22)15-16-36(26)30(38)27(34-31(39)40-3)18-21-10-13-25(32)14-11-21;1-20(36)34(38-2)39-29-27(19-35)33(28(37)26(31)18-21-8-11-25(30)12-9-21)16-15-32(29)14-13-22-7-10-23-5-3-4-6-24(23)17-22;1-4-8-23-19-30(25(26(32)29-3)18-21-9-6-5-7-10-21)15-16-31(23)27(33)24(28)17-22-13-11-20(2)12-14-22;1-18-4-6-20(7-5-18)15-24(25(32)29-2)30-12-13-31(22(16-30)17-34-3)26(33)23(28)14-19-8-10-21(27)11-9-19/h5-14,17,26-28H,4,15-16,18-20H2,1-3H3,(H,33,37)(H,34,39);3-12,17,26-27,29,35H,13-16,18-19,31H2,1-2H3;5-7,9-14,23-25H,4,8,15-19,28H2,1-3H3,(H,29,32);4-11,22-24H,12-17,28H2,1-3H3,(H,29,32). The summed E-state index contributed by atoms with van der Waals surface area (Å²) in [5.41, 5.74) is 29.0. The first-order chi connectivity index (χ1) is 70.4. The molecule has 0 radical (unpaired) electrons. The molecule has 4 fully saturated rings. The van der Waals surface area contributed by atoms with Gasteiger partial charge in [-0.1, -0.05) is 237 Å². The fourth-order valence-electron chi connectivity index (χ4n) is 19.5. The van der Waals surface area contributed by atoms with Crippen molar-refractivity contribution in [3.8, 4) is 0 Å². The molecule has 11 N–H and O–H groups in total. The van der Waals surface area contributed by atoms with E-state index >= 15 is 0 Å². The number of amides is 9. The van der Waals surface area contributed by atoms with Crippen LogP contribution in [-0.4, -0.2) is 310 Å². The van der Waals surface area contributed by atoms with E-state index in [-0.39, 0.29) is 108 Å². The number of carbonyl (C=O) groups excluding carboxylic acids is 9. The molecule has 10 aromatic carbocycles. The molecule has 0 aliphatic carbocycles. The predicted octanol–water partition coefficient (Wildman–Crippen LogP) is 9.85. The van der Waals surface area contributed by atoms with Crippen molar-refractivity contribution in [2.45, 2.75) is 178 Å². The van der Waals surface area contributed by atoms with Gasteiger partial charge >= 0.3 is 6.09 Å². The number of hydrogen-bond acceptors (Lipinski definition) is 21. The maximum absolute atomic E-state index is 13.8. The number of carbonyl (C=O) groups is 9. The van der Waals surface area contributed by atoms with Crippen molar-refractivity contribution in [3.63, 3.8) is 0 Å². The van der Waals surface area contributed by atoms with Crippen LogP contribution in [0.15, 0.2) is 237 Å². The van der Waals surface area contributed by atoms with Crippen molar-refractivity contribution >= 4 is 74.9 Å². The number of fused-ring (bicyclic) bond motifs is 2. The fourth-order valence-corrected chi connectivity index (χ4v) is 19.5. The van der Waals surface area contributed by atoms with Gasteiger partial charge in [0.15, 0.2) is 6.23 Å². The lowest BCUT2D eigenvalue weighted by Gasteiger charge is -2.47. The van der Waals surface area contributed by atoms with Crippen LogP contribution < -0.4 is 38.5 Å². The number of likely N-dealkylation sites (N-methyl/N-ethyl adjacent to an activating group) is 3. The van der Waals surface area contributed by atoms with E-state index in [0.29, 0.717) is 130 Å². The van der Waals surface area contributed by atoms with Gasteiger partial charge in [0.1, 0.15) is 23.5 Å². The highest BCUT2D eigenvalue weighted by Crippen LogP contribution is 2.30. The molecule has 30 nitrogen and oxygen atoms in total. The van der Waals surface area contributed by atoms with Gasteiger partial charge < -0.3 is 72.6 Å². The number of halogens is 3. The molecule has 10 aromatic rings. The Bertz CT molecular complexity index is 5870. The molecule has 4 heterocycles. The van der Waals surface area contributed by atoms with E-state index < -0.39 is 55.0 Å². The number of nitrogens with zero attached hydrogens (tertiary/aromatic N) is 9. The maximum atomic E-state index is 13.8. The second-order valence-corrected chi connectivity index (χ2v) is 37.7. The van der Waals surface area contributed by atoms with E-state index in [0.717, 1.165) is 84.1 Å². The molecule has 4 aliphatic rings. The van der Waals surface area contributed by atoms with Gasteiger partial charge in [-0.2, -0.15) is 0 Å². The largest absolute Gasteiger partial charge is 0.453 e. The zero-order valence-electron chi connectivity index (χ0n) is 85.8. The van der Waals surface area contributed by atoms with E-state index in [1.807, 2.05) is 109 Å². The molecule has 12 unspecified atom stereocenters. The number of nitrogens with two attached hydrogens (primary N) is 3. The van der Waals surface area contributed by atoms with Crippen LogP contribution in [0, 0.1) is 31.3 Å². The van der Waals surface area contributed by atoms with Crippen LogP contribution in [0.25, 0.3) is 21.5 Å². The summed E-state index contributed by atoms with van der Waals surface area (Å²) in [6.45, 7) is 15.6. The zero-order chi connectivity index (χ0) is 105. The first-order valence-corrected chi connectivity index (χ1v) is 50.3. The number of benzene rings is 10. The first kappa shape index (κ1) is 113. The summed E-state index contributed by atoms with van der Waals surface area (Å²) in [5.74, 6) is -2.40. The van der Waals surface area contributed by atoms with Crippen LogP contribution in [0.1, 0.15) is 95.7 Å². The average Bonchev–Trinajstić information content (AvgIpc) is 0.791. The Hall–Kier alpha value is -12.9. The summed E-state index contributed by atoms with van der Waals surface area (Å²) >= 11 is 0. The topological polar surface area (TPSA) is 366 Å². The van der Waals surface area contributed by atoms with Crippen LogP contribution in [0.5, 0.6) is 0 Å². The summed E-state index contributed by atoms with van der Waals surface area (Å²) < 4.78 is 50.1. The highest BCUT2D eigenvalue weighted by molar-refractivity contribution is 5.89. The Balaban J connectivity index is 0.000000186. The van der Waals surface area contributed by atoms with E-state index in [1.165, 1.54) is 73.6 Å². The maximum Gasteiger partial charge on any atom is 0.407 e. The van der Waals surface area contributed by atoms with Crippen molar-refractivity contribution in [1.82, 2.24) is 65.7 Å². The second kappa shape index (κ2) is 56.7. The van der Waals surface area contributed by atoms with Crippen molar-refractivity contribution in [3.05, 3.63) is 310 Å². The van der Waals surface area contributed by atoms with E-state index in [1.54, 1.807) is 74.5 Å². The molecule has 0 spiro atoms. The number of hydrogen-bond donors (Lipinski definition) is 8. The summed E-state index contributed by atoms with van der Waals surface area (Å²) in [7, 11) is 9.13. The number of piperazine rings is 4. The van der Waals surface area contributed by atoms with Crippen molar-refractivity contribution in [1.29, 1.82) is 0 Å². The molecule has 9 amide bonds. The summed E-state index contributed by atoms with van der Waals surface area (Å²) in [6, 6.07) is 67.8. The van der Waals surface area contributed by atoms with Crippen LogP contribution in [-0.2, 0) is 109 Å². The van der Waals surface area contributed by atoms with Gasteiger partial charge in [-0.15, -0.1) is 0 Å². The third-order valence-electron chi connectivity index (χ3n) is 27.6. The van der Waals surface area contributed by atoms with Crippen molar-refractivity contribution < 1.29 is 80.6 Å². The predicted molar refractivity (Wildman–Crippen MR) is 559 cm³/mol. The summed E-state index contributed by atoms with van der Waals surface area (Å²) in [5, 5.41) is 26.8. The van der Waals surface area contributed by atoms with Gasteiger partial charge in [0.25, 0.3) is 5.91 Å². The van der Waals surface area contributed by atoms with Crippen molar-refractivity contribution in [2.75, 3.05) is 134 Å². The smallest absolute Gasteiger partial charge is 0.407 e. The second-order valence-electron chi connectivity index (χ2n) is 37.7. The zero-order valence-corrected chi connectivity index (χ0v) is 85.8. The van der Waals surface area contributed by atoms with Gasteiger partial charge in [-0.3, -0.25) is 58.0 Å². The highest BCUT2D eigenvalue weighted by Gasteiger charge is 2.45. The van der Waals surface area contributed by atoms with Gasteiger partial charge in [-0.05, 0) is 174 Å². The number of aryl methyl sites for hydroxylation is 2. The first-order valence-electron chi connectivity index (χ1n) is 50.3. The van der Waals surface area contributed by atoms with Crippen LogP contribution in [0.2, 0.25) is 0 Å². The average molecular weight is 2010 g/mol. The molecule has 0 saturated carbocycles. The Morgan fingerprint density at radius 1 is 0.425 bits per heavy atom. The number of hydroxylamine groups is 2. The SMILES string of the molecule is CCC1CN(C(Cc2ccc3ccccc3c2)C(=O)NC)CCN1C(=O)C(Cc1ccc(F)cc1)NC(=O)OC.CCCC1CN(C(Cc2ccccc2)C(=O)NC)CCN1C(=O)C(N)Cc1ccc(C)cc1.CNC(=O)C(Cc1ccc(C)cc1)N1CCN(C(=O)C(N)Cc2ccc(F)cc2)C(COC)C1.CON(OC1C(CO)N(C(=O)C(N)Cc2ccc(F)cc2)CCN1CCc1ccc2ccccc2c1)C(C)=O. The molecule has 782 valence electrons. The molecular formula is C113H145F3N16O14. The minimum atomic E-state index is -0.902. The van der Waals surface area contributed by atoms with E-state index in [2.05, 4.69) is 128 Å². The quantitative estimate of drug-likeness (QED) is 0.0168. The van der Waals surface area contributed by atoms with Crippen LogP contribution in [0.4, 0.5) is 18.0 Å². The Kier molecular flexibility index (Phi) is 44.1. The third-order valence-corrected chi connectivity index (χ3v) is 27.6. The molecule has 4 saturated heterocycles. The Morgan fingerprint density at radius 2 is 0.795 bits per heavy atom. The van der Waals surface area contributed by atoms with Gasteiger partial charge in [0.05, 0.1) is 75.8 Å². The lowest BCUT2D eigenvalue weighted by molar-refractivity contribution is -0.376. The molecule has 33 heteroatoms. The van der Waals surface area contributed by atoms with Crippen molar-refractivity contribution in [2.24, 2.45) is 17.2 Å². The number of methoxy groups -OCH3 is 2. The molecule has 0 bridgehead atoms. The lowest BCUT2D eigenvalue weighted by atomic mass is 9.97. The molecule has 4 aliphatic heterocycles. The van der Waals surface area contributed by atoms with Gasteiger partial charge in [-0.25, -0.2) is 27.6 Å². The number of nitrogens with one attached hydrogen (secondary N) is 4. The van der Waals surface area contributed by atoms with E-state index in [9.17, 15) is 61.4 Å². The van der Waals surface area contributed by atoms with Crippen LogP contribution >= 0.6 is 0 Å². The van der Waals surface area contributed by atoms with Gasteiger partial charge in [0.2, 0.25) is 41.4 Å².